The predicted octanol–water partition coefficient (Wildman–Crippen LogP) is 3.33. The maximum atomic E-state index is 12.3. The summed E-state index contributed by atoms with van der Waals surface area (Å²) in [6.45, 7) is 3.96. The summed E-state index contributed by atoms with van der Waals surface area (Å²) in [7, 11) is 1.56. The second-order valence-electron chi connectivity index (χ2n) is 6.85. The number of hydrogen-bond donors (Lipinski definition) is 2. The molecule has 5 heteroatoms. The number of phenols is 1. The first-order valence-corrected chi connectivity index (χ1v) is 8.38. The number of methoxy groups -OCH3 is 1. The third-order valence-corrected chi connectivity index (χ3v) is 4.83. The van der Waals surface area contributed by atoms with Crippen molar-refractivity contribution in [1.29, 1.82) is 0 Å². The molecule has 136 valence electrons. The summed E-state index contributed by atoms with van der Waals surface area (Å²) >= 11 is 0. The normalized spacial score (nSPS) is 17.8. The minimum Gasteiger partial charge on any atom is -0.508 e. The summed E-state index contributed by atoms with van der Waals surface area (Å²) in [5.74, 6) is 1.23. The highest BCUT2D eigenvalue weighted by molar-refractivity contribution is 6.07. The van der Waals surface area contributed by atoms with Crippen molar-refractivity contribution in [3.63, 3.8) is 0 Å². The second kappa shape index (κ2) is 6.84. The number of phenolic OH excluding ortho intramolecular Hbond substituents is 1. The van der Waals surface area contributed by atoms with Gasteiger partial charge in [-0.2, -0.15) is 0 Å². The summed E-state index contributed by atoms with van der Waals surface area (Å²) in [4.78, 5) is 12.3. The minimum atomic E-state index is -0.347. The lowest BCUT2D eigenvalue weighted by atomic mass is 9.80. The van der Waals surface area contributed by atoms with Crippen molar-refractivity contribution in [3.05, 3.63) is 59.2 Å². The molecular formula is C21H22O5. The monoisotopic (exact) mass is 354 g/mol. The van der Waals surface area contributed by atoms with E-state index in [1.54, 1.807) is 31.4 Å². The van der Waals surface area contributed by atoms with Gasteiger partial charge in [-0.1, -0.05) is 13.8 Å². The number of rotatable bonds is 5. The van der Waals surface area contributed by atoms with Crippen LogP contribution in [-0.2, 0) is 5.41 Å². The van der Waals surface area contributed by atoms with E-state index >= 15 is 0 Å². The van der Waals surface area contributed by atoms with Crippen LogP contribution in [0.5, 0.6) is 17.2 Å². The van der Waals surface area contributed by atoms with Crippen molar-refractivity contribution in [1.82, 2.24) is 0 Å². The van der Waals surface area contributed by atoms with Crippen LogP contribution in [0, 0.1) is 0 Å². The van der Waals surface area contributed by atoms with E-state index in [1.165, 1.54) is 18.2 Å². The predicted molar refractivity (Wildman–Crippen MR) is 99.0 cm³/mol. The summed E-state index contributed by atoms with van der Waals surface area (Å²) in [5, 5.41) is 18.9. The van der Waals surface area contributed by atoms with Gasteiger partial charge in [-0.3, -0.25) is 4.79 Å². The first-order chi connectivity index (χ1) is 12.4. The molecule has 0 amide bonds. The topological polar surface area (TPSA) is 76.0 Å². The fourth-order valence-electron chi connectivity index (χ4n) is 3.11. The Hall–Kier alpha value is -2.79. The summed E-state index contributed by atoms with van der Waals surface area (Å²) in [6.07, 6.45) is 2.86. The van der Waals surface area contributed by atoms with Gasteiger partial charge >= 0.3 is 0 Å². The van der Waals surface area contributed by atoms with Crippen LogP contribution in [0.1, 0.15) is 35.3 Å². The van der Waals surface area contributed by atoms with Gasteiger partial charge in [-0.05, 0) is 42.5 Å². The van der Waals surface area contributed by atoms with Gasteiger partial charge in [0.05, 0.1) is 13.7 Å². The molecule has 0 radical (unpaired) electrons. The average molecular weight is 354 g/mol. The lowest BCUT2D eigenvalue weighted by Gasteiger charge is -2.24. The third-order valence-electron chi connectivity index (χ3n) is 4.83. The number of aliphatic hydroxyl groups is 1. The summed E-state index contributed by atoms with van der Waals surface area (Å²) < 4.78 is 11.3. The van der Waals surface area contributed by atoms with Gasteiger partial charge < -0.3 is 19.7 Å². The quantitative estimate of drug-likeness (QED) is 0.636. The molecule has 2 N–H and O–H groups in total. The molecule has 0 fully saturated rings. The van der Waals surface area contributed by atoms with Crippen LogP contribution in [0.25, 0.3) is 6.08 Å². The largest absolute Gasteiger partial charge is 0.508 e. The number of aromatic hydroxyl groups is 1. The Kier molecular flexibility index (Phi) is 4.74. The molecule has 2 aromatic rings. The van der Waals surface area contributed by atoms with E-state index < -0.39 is 0 Å². The van der Waals surface area contributed by atoms with E-state index in [9.17, 15) is 15.0 Å². The van der Waals surface area contributed by atoms with Gasteiger partial charge in [-0.25, -0.2) is 0 Å². The van der Waals surface area contributed by atoms with E-state index in [4.69, 9.17) is 9.47 Å². The van der Waals surface area contributed by atoms with Gasteiger partial charge in [0.2, 0.25) is 0 Å². The maximum Gasteiger partial charge on any atom is 0.185 e. The number of benzene rings is 2. The minimum absolute atomic E-state index is 0.0749. The number of ether oxygens (including phenoxy) is 2. The number of ketones is 1. The SMILES string of the molecule is COc1cc2c(cc1/C=C\C(=O)c1ccc(O)cc1)C(C)(C)C(CO)O2. The van der Waals surface area contributed by atoms with Crippen LogP contribution in [0.15, 0.2) is 42.5 Å². The number of carbonyl (C=O) groups excluding carboxylic acids is 1. The fraction of sp³-hybridized carbons (Fsp3) is 0.286. The Bertz CT molecular complexity index is 849. The van der Waals surface area contributed by atoms with Crippen molar-refractivity contribution < 1.29 is 24.5 Å². The molecule has 3 rings (SSSR count). The zero-order valence-corrected chi connectivity index (χ0v) is 15.0. The molecule has 0 bridgehead atoms. The number of aliphatic hydroxyl groups excluding tert-OH is 1. The molecule has 1 heterocycles. The average Bonchev–Trinajstić information content (AvgIpc) is 2.89. The van der Waals surface area contributed by atoms with Gasteiger partial charge in [0.15, 0.2) is 5.78 Å². The molecule has 1 atom stereocenters. The third kappa shape index (κ3) is 3.18. The summed E-state index contributed by atoms with van der Waals surface area (Å²) in [6, 6.07) is 9.83. The fourth-order valence-corrected chi connectivity index (χ4v) is 3.11. The highest BCUT2D eigenvalue weighted by atomic mass is 16.5. The maximum absolute atomic E-state index is 12.3. The Morgan fingerprint density at radius 3 is 2.58 bits per heavy atom. The van der Waals surface area contributed by atoms with E-state index in [0.29, 0.717) is 17.1 Å². The molecule has 5 nitrogen and oxygen atoms in total. The molecule has 1 aliphatic rings. The number of allylic oxidation sites excluding steroid dienone is 1. The Labute approximate surface area is 152 Å². The molecule has 0 saturated carbocycles. The van der Waals surface area contributed by atoms with E-state index in [0.717, 1.165) is 11.1 Å². The molecule has 0 saturated heterocycles. The molecule has 0 aliphatic carbocycles. The van der Waals surface area contributed by atoms with Crippen molar-refractivity contribution >= 4 is 11.9 Å². The molecular weight excluding hydrogens is 332 g/mol. The molecule has 1 unspecified atom stereocenters. The number of hydrogen-bond acceptors (Lipinski definition) is 5. The molecule has 0 spiro atoms. The number of fused-ring (bicyclic) bond motifs is 1. The highest BCUT2D eigenvalue weighted by Gasteiger charge is 2.41. The van der Waals surface area contributed by atoms with Crippen molar-refractivity contribution in [2.75, 3.05) is 13.7 Å². The van der Waals surface area contributed by atoms with Gasteiger partial charge in [0.1, 0.15) is 23.4 Å². The lowest BCUT2D eigenvalue weighted by molar-refractivity contribution is 0.0887. The first kappa shape index (κ1) is 18.0. The molecule has 1 aliphatic heterocycles. The van der Waals surface area contributed by atoms with Gasteiger partial charge in [0, 0.05) is 28.2 Å². The Morgan fingerprint density at radius 1 is 1.27 bits per heavy atom. The lowest BCUT2D eigenvalue weighted by Crippen LogP contribution is -2.35. The Balaban J connectivity index is 1.93. The van der Waals surface area contributed by atoms with Crippen LogP contribution in [-0.4, -0.2) is 35.8 Å². The van der Waals surface area contributed by atoms with Crippen LogP contribution in [0.3, 0.4) is 0 Å². The molecule has 26 heavy (non-hydrogen) atoms. The molecule has 0 aromatic heterocycles. The smallest absolute Gasteiger partial charge is 0.185 e. The van der Waals surface area contributed by atoms with Crippen LogP contribution in [0.4, 0.5) is 0 Å². The standard InChI is InChI=1S/C21H22O5/c1-21(2)16-10-14(18(25-3)11-19(16)26-20(21)12-22)6-9-17(24)13-4-7-15(23)8-5-13/h4-11,20,22-23H,12H2,1-3H3/b9-6-. The van der Waals surface area contributed by atoms with Crippen molar-refractivity contribution in [2.24, 2.45) is 0 Å². The van der Waals surface area contributed by atoms with Crippen LogP contribution >= 0.6 is 0 Å². The van der Waals surface area contributed by atoms with E-state index in [1.807, 2.05) is 19.9 Å². The molecule has 2 aromatic carbocycles. The van der Waals surface area contributed by atoms with Gasteiger partial charge in [0.25, 0.3) is 0 Å². The second-order valence-corrected chi connectivity index (χ2v) is 6.85. The highest BCUT2D eigenvalue weighted by Crippen LogP contribution is 2.45. The summed E-state index contributed by atoms with van der Waals surface area (Å²) in [5.41, 5.74) is 1.87. The first-order valence-electron chi connectivity index (χ1n) is 8.38. The van der Waals surface area contributed by atoms with Crippen molar-refractivity contribution in [3.8, 4) is 17.2 Å². The van der Waals surface area contributed by atoms with Crippen LogP contribution in [0.2, 0.25) is 0 Å². The van der Waals surface area contributed by atoms with Gasteiger partial charge in [-0.15, -0.1) is 0 Å². The van der Waals surface area contributed by atoms with E-state index in [-0.39, 0.29) is 29.7 Å². The van der Waals surface area contributed by atoms with E-state index in [2.05, 4.69) is 0 Å². The Morgan fingerprint density at radius 2 is 1.96 bits per heavy atom. The zero-order chi connectivity index (χ0) is 18.9. The number of carbonyl (C=O) groups is 1. The zero-order valence-electron chi connectivity index (χ0n) is 15.0. The van der Waals surface area contributed by atoms with Crippen molar-refractivity contribution in [2.45, 2.75) is 25.4 Å². The van der Waals surface area contributed by atoms with Crippen LogP contribution < -0.4 is 9.47 Å².